The average Bonchev–Trinajstić information content (AvgIpc) is 3.16. The SMILES string of the molecule is Cc1cccc(CN2CCC[C@@]3(CCN(C(=O)c4ccc5ncccc5c4)C3)C2)c1. The van der Waals surface area contributed by atoms with E-state index >= 15 is 0 Å². The molecule has 0 saturated carbocycles. The van der Waals surface area contributed by atoms with Crippen molar-refractivity contribution < 1.29 is 4.79 Å². The second-order valence-electron chi connectivity index (χ2n) is 9.19. The second-order valence-corrected chi connectivity index (χ2v) is 9.19. The second kappa shape index (κ2) is 7.84. The van der Waals surface area contributed by atoms with Gasteiger partial charge in [-0.1, -0.05) is 35.9 Å². The summed E-state index contributed by atoms with van der Waals surface area (Å²) in [7, 11) is 0. The van der Waals surface area contributed by atoms with Crippen LogP contribution in [0.25, 0.3) is 10.9 Å². The molecule has 30 heavy (non-hydrogen) atoms. The van der Waals surface area contributed by atoms with Crippen molar-refractivity contribution in [3.05, 3.63) is 77.5 Å². The van der Waals surface area contributed by atoms with Crippen molar-refractivity contribution in [3.63, 3.8) is 0 Å². The van der Waals surface area contributed by atoms with Gasteiger partial charge in [0.2, 0.25) is 0 Å². The highest BCUT2D eigenvalue weighted by molar-refractivity contribution is 5.98. The minimum atomic E-state index is 0.161. The largest absolute Gasteiger partial charge is 0.338 e. The van der Waals surface area contributed by atoms with Gasteiger partial charge in [-0.25, -0.2) is 0 Å². The molecule has 2 aromatic carbocycles. The van der Waals surface area contributed by atoms with Crippen LogP contribution in [0.2, 0.25) is 0 Å². The number of amides is 1. The molecule has 1 amide bonds. The Kier molecular flexibility index (Phi) is 5.03. The highest BCUT2D eigenvalue weighted by Gasteiger charge is 2.42. The van der Waals surface area contributed by atoms with Crippen molar-refractivity contribution in [2.45, 2.75) is 32.7 Å². The van der Waals surface area contributed by atoms with Crippen LogP contribution in [0.4, 0.5) is 0 Å². The molecule has 4 heteroatoms. The number of carbonyl (C=O) groups is 1. The summed E-state index contributed by atoms with van der Waals surface area (Å²) < 4.78 is 0. The van der Waals surface area contributed by atoms with E-state index in [1.54, 1.807) is 6.20 Å². The Morgan fingerprint density at radius 1 is 1.03 bits per heavy atom. The molecule has 3 aromatic rings. The van der Waals surface area contributed by atoms with E-state index in [0.29, 0.717) is 0 Å². The maximum Gasteiger partial charge on any atom is 0.253 e. The first kappa shape index (κ1) is 19.3. The van der Waals surface area contributed by atoms with Crippen LogP contribution in [0, 0.1) is 12.3 Å². The van der Waals surface area contributed by atoms with E-state index in [1.807, 2.05) is 30.3 Å². The Hall–Kier alpha value is -2.72. The van der Waals surface area contributed by atoms with Crippen LogP contribution in [-0.2, 0) is 6.54 Å². The van der Waals surface area contributed by atoms with E-state index in [0.717, 1.165) is 55.6 Å². The zero-order valence-corrected chi connectivity index (χ0v) is 17.7. The molecule has 2 aliphatic rings. The van der Waals surface area contributed by atoms with Gasteiger partial charge in [0.1, 0.15) is 0 Å². The molecule has 0 unspecified atom stereocenters. The number of hydrogen-bond donors (Lipinski definition) is 0. The van der Waals surface area contributed by atoms with Crippen LogP contribution in [0.5, 0.6) is 0 Å². The van der Waals surface area contributed by atoms with Gasteiger partial charge in [0.05, 0.1) is 5.52 Å². The van der Waals surface area contributed by atoms with Gasteiger partial charge in [-0.3, -0.25) is 14.7 Å². The molecular weight excluding hydrogens is 370 g/mol. The molecular formula is C26H29N3O. The third kappa shape index (κ3) is 3.84. The average molecular weight is 400 g/mol. The third-order valence-electron chi connectivity index (χ3n) is 6.80. The van der Waals surface area contributed by atoms with Gasteiger partial charge in [-0.05, 0) is 62.6 Å². The van der Waals surface area contributed by atoms with Crippen molar-refractivity contribution in [1.82, 2.24) is 14.8 Å². The predicted octanol–water partition coefficient (Wildman–Crippen LogP) is 4.67. The van der Waals surface area contributed by atoms with Gasteiger partial charge in [0, 0.05) is 48.7 Å². The number of aryl methyl sites for hydroxylation is 1. The fourth-order valence-electron chi connectivity index (χ4n) is 5.35. The van der Waals surface area contributed by atoms with E-state index in [-0.39, 0.29) is 11.3 Å². The van der Waals surface area contributed by atoms with Gasteiger partial charge in [-0.2, -0.15) is 0 Å². The molecule has 2 fully saturated rings. The number of pyridine rings is 1. The third-order valence-corrected chi connectivity index (χ3v) is 6.80. The molecule has 0 aliphatic carbocycles. The van der Waals surface area contributed by atoms with Crippen LogP contribution in [-0.4, -0.2) is 46.9 Å². The van der Waals surface area contributed by atoms with Gasteiger partial charge in [0.25, 0.3) is 5.91 Å². The van der Waals surface area contributed by atoms with Gasteiger partial charge in [0.15, 0.2) is 0 Å². The van der Waals surface area contributed by atoms with E-state index in [2.05, 4.69) is 46.0 Å². The number of carbonyl (C=O) groups excluding carboxylic acids is 1. The van der Waals surface area contributed by atoms with Gasteiger partial charge in [-0.15, -0.1) is 0 Å². The summed E-state index contributed by atoms with van der Waals surface area (Å²) in [5, 5.41) is 1.03. The summed E-state index contributed by atoms with van der Waals surface area (Å²) in [6.07, 6.45) is 5.34. The van der Waals surface area contributed by atoms with Gasteiger partial charge < -0.3 is 4.90 Å². The molecule has 154 valence electrons. The normalized spacial score (nSPS) is 22.1. The Labute approximate surface area is 178 Å². The fourth-order valence-corrected chi connectivity index (χ4v) is 5.35. The molecule has 1 atom stereocenters. The number of hydrogen-bond acceptors (Lipinski definition) is 3. The summed E-state index contributed by atoms with van der Waals surface area (Å²) in [6.45, 7) is 7.15. The fraction of sp³-hybridized carbons (Fsp3) is 0.385. The molecule has 5 rings (SSSR count). The lowest BCUT2D eigenvalue weighted by Gasteiger charge is -2.40. The molecule has 1 spiro atoms. The molecule has 0 N–H and O–H groups in total. The first-order valence-corrected chi connectivity index (χ1v) is 11.0. The smallest absolute Gasteiger partial charge is 0.253 e. The highest BCUT2D eigenvalue weighted by Crippen LogP contribution is 2.40. The van der Waals surface area contributed by atoms with Gasteiger partial charge >= 0.3 is 0 Å². The number of rotatable bonds is 3. The predicted molar refractivity (Wildman–Crippen MR) is 120 cm³/mol. The number of aromatic nitrogens is 1. The minimum Gasteiger partial charge on any atom is -0.338 e. The summed E-state index contributed by atoms with van der Waals surface area (Å²) in [5.74, 6) is 0.161. The molecule has 3 heterocycles. The Balaban J connectivity index is 1.28. The summed E-state index contributed by atoms with van der Waals surface area (Å²) >= 11 is 0. The summed E-state index contributed by atoms with van der Waals surface area (Å²) in [4.78, 5) is 22.3. The van der Waals surface area contributed by atoms with E-state index in [9.17, 15) is 4.79 Å². The zero-order valence-electron chi connectivity index (χ0n) is 17.7. The summed E-state index contributed by atoms with van der Waals surface area (Å²) in [6, 6.07) is 18.6. The van der Waals surface area contributed by atoms with Crippen molar-refractivity contribution >= 4 is 16.8 Å². The Bertz CT molecular complexity index is 1080. The summed E-state index contributed by atoms with van der Waals surface area (Å²) in [5.41, 5.74) is 4.67. The molecule has 4 nitrogen and oxygen atoms in total. The molecule has 2 aliphatic heterocycles. The van der Waals surface area contributed by atoms with Crippen molar-refractivity contribution in [2.24, 2.45) is 5.41 Å². The van der Waals surface area contributed by atoms with Crippen LogP contribution in [0.15, 0.2) is 60.8 Å². The zero-order chi connectivity index (χ0) is 20.6. The molecule has 2 saturated heterocycles. The Morgan fingerprint density at radius 2 is 1.97 bits per heavy atom. The molecule has 1 aromatic heterocycles. The van der Waals surface area contributed by atoms with Crippen LogP contribution < -0.4 is 0 Å². The lowest BCUT2D eigenvalue weighted by Crippen LogP contribution is -2.45. The number of nitrogens with zero attached hydrogens (tertiary/aromatic N) is 3. The minimum absolute atomic E-state index is 0.161. The maximum atomic E-state index is 13.2. The monoisotopic (exact) mass is 399 g/mol. The standard InChI is InChI=1S/C26H29N3O/c1-20-5-2-6-21(15-20)17-28-13-4-10-26(18-28)11-14-29(19-26)25(30)23-8-9-24-22(16-23)7-3-12-27-24/h2-3,5-9,12,15-16H,4,10-11,13-14,17-19H2,1H3/t26-/m1/s1. The van der Waals surface area contributed by atoms with Crippen LogP contribution in [0.3, 0.4) is 0 Å². The molecule has 0 bridgehead atoms. The number of likely N-dealkylation sites (tertiary alicyclic amines) is 2. The quantitative estimate of drug-likeness (QED) is 0.642. The first-order valence-electron chi connectivity index (χ1n) is 11.0. The highest BCUT2D eigenvalue weighted by atomic mass is 16.2. The van der Waals surface area contributed by atoms with Crippen molar-refractivity contribution in [2.75, 3.05) is 26.2 Å². The van der Waals surface area contributed by atoms with Crippen LogP contribution >= 0.6 is 0 Å². The lowest BCUT2D eigenvalue weighted by molar-refractivity contribution is 0.0675. The van der Waals surface area contributed by atoms with E-state index in [1.165, 1.54) is 24.0 Å². The number of fused-ring (bicyclic) bond motifs is 1. The van der Waals surface area contributed by atoms with Crippen molar-refractivity contribution in [1.29, 1.82) is 0 Å². The van der Waals surface area contributed by atoms with Crippen LogP contribution in [0.1, 0.15) is 40.7 Å². The van der Waals surface area contributed by atoms with Crippen molar-refractivity contribution in [3.8, 4) is 0 Å². The van der Waals surface area contributed by atoms with E-state index in [4.69, 9.17) is 0 Å². The Morgan fingerprint density at radius 3 is 2.87 bits per heavy atom. The molecule has 0 radical (unpaired) electrons. The number of piperidine rings is 1. The first-order chi connectivity index (χ1) is 14.6. The lowest BCUT2D eigenvalue weighted by atomic mass is 9.79. The number of benzene rings is 2. The topological polar surface area (TPSA) is 36.4 Å². The van der Waals surface area contributed by atoms with E-state index < -0.39 is 0 Å². The maximum absolute atomic E-state index is 13.2.